The SMILES string of the molecule is CC(C(=O)O)C1CN(c2ccc([N+](=O)[O-])c(N)n2)C1. The maximum Gasteiger partial charge on any atom is 0.311 e. The summed E-state index contributed by atoms with van der Waals surface area (Å²) >= 11 is 0. The minimum atomic E-state index is -0.819. The molecular weight excluding hydrogens is 252 g/mol. The van der Waals surface area contributed by atoms with E-state index in [1.54, 1.807) is 6.92 Å². The monoisotopic (exact) mass is 266 g/mol. The highest BCUT2D eigenvalue weighted by atomic mass is 16.6. The first kappa shape index (κ1) is 13.1. The number of pyridine rings is 1. The molecular formula is C11H14N4O4. The summed E-state index contributed by atoms with van der Waals surface area (Å²) in [5.74, 6) is -0.752. The number of nitrogen functional groups attached to an aromatic ring is 1. The van der Waals surface area contributed by atoms with Gasteiger partial charge < -0.3 is 15.7 Å². The highest BCUT2D eigenvalue weighted by Gasteiger charge is 2.35. The van der Waals surface area contributed by atoms with E-state index in [1.165, 1.54) is 12.1 Å². The average Bonchev–Trinajstić information content (AvgIpc) is 2.26. The molecule has 0 spiro atoms. The molecule has 1 aliphatic heterocycles. The molecule has 0 bridgehead atoms. The van der Waals surface area contributed by atoms with Gasteiger partial charge in [0.15, 0.2) is 0 Å². The number of hydrogen-bond acceptors (Lipinski definition) is 6. The Morgan fingerprint density at radius 1 is 1.63 bits per heavy atom. The minimum Gasteiger partial charge on any atom is -0.481 e. The number of hydrogen-bond donors (Lipinski definition) is 2. The maximum atomic E-state index is 10.8. The van der Waals surface area contributed by atoms with Crippen molar-refractivity contribution in [2.75, 3.05) is 23.7 Å². The number of aliphatic carboxylic acids is 1. The lowest BCUT2D eigenvalue weighted by molar-refractivity contribution is -0.384. The lowest BCUT2D eigenvalue weighted by Gasteiger charge is -2.42. The number of carboxylic acids is 1. The van der Waals surface area contributed by atoms with Crippen molar-refractivity contribution in [3.05, 3.63) is 22.2 Å². The quantitative estimate of drug-likeness (QED) is 0.608. The maximum absolute atomic E-state index is 10.8. The van der Waals surface area contributed by atoms with E-state index in [2.05, 4.69) is 4.98 Å². The third-order valence-corrected chi connectivity index (χ3v) is 3.41. The molecule has 102 valence electrons. The molecule has 8 nitrogen and oxygen atoms in total. The number of carboxylic acid groups (broad SMARTS) is 1. The zero-order valence-electron chi connectivity index (χ0n) is 10.3. The molecule has 1 unspecified atom stereocenters. The molecule has 0 aromatic carbocycles. The van der Waals surface area contributed by atoms with Crippen molar-refractivity contribution >= 4 is 23.3 Å². The van der Waals surface area contributed by atoms with E-state index in [1.807, 2.05) is 4.90 Å². The lowest BCUT2D eigenvalue weighted by atomic mass is 9.87. The summed E-state index contributed by atoms with van der Waals surface area (Å²) in [5, 5.41) is 19.5. The fraction of sp³-hybridized carbons (Fsp3) is 0.455. The third-order valence-electron chi connectivity index (χ3n) is 3.41. The topological polar surface area (TPSA) is 123 Å². The van der Waals surface area contributed by atoms with Gasteiger partial charge >= 0.3 is 11.7 Å². The van der Waals surface area contributed by atoms with Crippen LogP contribution in [0.3, 0.4) is 0 Å². The van der Waals surface area contributed by atoms with Crippen LogP contribution in [0.4, 0.5) is 17.3 Å². The van der Waals surface area contributed by atoms with E-state index in [-0.39, 0.29) is 17.4 Å². The van der Waals surface area contributed by atoms with Gasteiger partial charge in [0, 0.05) is 25.1 Å². The summed E-state index contributed by atoms with van der Waals surface area (Å²) in [4.78, 5) is 26.7. The van der Waals surface area contributed by atoms with E-state index >= 15 is 0 Å². The van der Waals surface area contributed by atoms with E-state index in [0.29, 0.717) is 18.9 Å². The number of rotatable bonds is 4. The highest BCUT2D eigenvalue weighted by Crippen LogP contribution is 2.30. The van der Waals surface area contributed by atoms with Gasteiger partial charge in [-0.2, -0.15) is 0 Å². The van der Waals surface area contributed by atoms with Gasteiger partial charge in [-0.15, -0.1) is 0 Å². The van der Waals surface area contributed by atoms with Crippen molar-refractivity contribution in [1.29, 1.82) is 0 Å². The zero-order valence-corrected chi connectivity index (χ0v) is 10.3. The Balaban J connectivity index is 2.04. The van der Waals surface area contributed by atoms with Crippen LogP contribution in [0.1, 0.15) is 6.92 Å². The van der Waals surface area contributed by atoms with Gasteiger partial charge in [0.1, 0.15) is 5.82 Å². The molecule has 1 aromatic heterocycles. The van der Waals surface area contributed by atoms with E-state index < -0.39 is 16.8 Å². The summed E-state index contributed by atoms with van der Waals surface area (Å²) in [6.07, 6.45) is 0. The second-order valence-corrected chi connectivity index (χ2v) is 4.62. The third kappa shape index (κ3) is 2.42. The first-order valence-corrected chi connectivity index (χ1v) is 5.78. The molecule has 1 atom stereocenters. The summed E-state index contributed by atoms with van der Waals surface area (Å²) < 4.78 is 0. The molecule has 8 heteroatoms. The van der Waals surface area contributed by atoms with Crippen LogP contribution >= 0.6 is 0 Å². The Labute approximate surface area is 109 Å². The standard InChI is InChI=1S/C11H14N4O4/c1-6(11(16)17)7-4-14(5-7)9-3-2-8(15(18)19)10(12)13-9/h2-3,6-7H,4-5H2,1H3,(H2,12,13)(H,16,17). The van der Waals surface area contributed by atoms with Gasteiger partial charge in [-0.25, -0.2) is 4.98 Å². The second kappa shape index (κ2) is 4.71. The summed E-state index contributed by atoms with van der Waals surface area (Å²) in [6, 6.07) is 2.84. The molecule has 1 aliphatic rings. The fourth-order valence-electron chi connectivity index (χ4n) is 2.00. The van der Waals surface area contributed by atoms with Gasteiger partial charge in [-0.3, -0.25) is 14.9 Å². The van der Waals surface area contributed by atoms with Gasteiger partial charge in [0.05, 0.1) is 10.8 Å². The van der Waals surface area contributed by atoms with Crippen molar-refractivity contribution in [2.45, 2.75) is 6.92 Å². The number of nitrogens with two attached hydrogens (primary N) is 1. The van der Waals surface area contributed by atoms with Gasteiger partial charge in [-0.05, 0) is 6.07 Å². The van der Waals surface area contributed by atoms with Gasteiger partial charge in [-0.1, -0.05) is 6.92 Å². The Bertz CT molecular complexity index is 527. The van der Waals surface area contributed by atoms with E-state index in [4.69, 9.17) is 10.8 Å². The number of anilines is 2. The minimum absolute atomic E-state index is 0.0655. The molecule has 19 heavy (non-hydrogen) atoms. The van der Waals surface area contributed by atoms with Crippen molar-refractivity contribution in [2.24, 2.45) is 11.8 Å². The first-order chi connectivity index (χ1) is 8.90. The molecule has 2 rings (SSSR count). The van der Waals surface area contributed by atoms with Crippen LogP contribution in [0.2, 0.25) is 0 Å². The highest BCUT2D eigenvalue weighted by molar-refractivity contribution is 5.70. The fourth-order valence-corrected chi connectivity index (χ4v) is 2.00. The van der Waals surface area contributed by atoms with Crippen LogP contribution in [0.15, 0.2) is 12.1 Å². The van der Waals surface area contributed by atoms with Crippen molar-refractivity contribution in [3.8, 4) is 0 Å². The van der Waals surface area contributed by atoms with Crippen molar-refractivity contribution in [3.63, 3.8) is 0 Å². The Kier molecular flexibility index (Phi) is 3.24. The average molecular weight is 266 g/mol. The number of nitrogens with zero attached hydrogens (tertiary/aromatic N) is 3. The Morgan fingerprint density at radius 3 is 2.74 bits per heavy atom. The molecule has 3 N–H and O–H groups in total. The zero-order chi connectivity index (χ0) is 14.2. The summed E-state index contributed by atoms with van der Waals surface area (Å²) in [7, 11) is 0. The molecule has 1 fully saturated rings. The number of aromatic nitrogens is 1. The molecule has 2 heterocycles. The molecule has 1 saturated heterocycles. The van der Waals surface area contributed by atoms with Crippen LogP contribution in [-0.2, 0) is 4.79 Å². The van der Waals surface area contributed by atoms with Crippen LogP contribution in [0.5, 0.6) is 0 Å². The van der Waals surface area contributed by atoms with Gasteiger partial charge in [0.25, 0.3) is 0 Å². The molecule has 0 saturated carbocycles. The number of nitro groups is 1. The van der Waals surface area contributed by atoms with E-state index in [0.717, 1.165) is 0 Å². The Morgan fingerprint density at radius 2 is 2.26 bits per heavy atom. The predicted molar refractivity (Wildman–Crippen MR) is 67.8 cm³/mol. The molecule has 0 aliphatic carbocycles. The smallest absolute Gasteiger partial charge is 0.311 e. The Hall–Kier alpha value is -2.38. The number of carbonyl (C=O) groups is 1. The summed E-state index contributed by atoms with van der Waals surface area (Å²) in [6.45, 7) is 2.80. The molecule has 0 amide bonds. The van der Waals surface area contributed by atoms with Crippen LogP contribution < -0.4 is 10.6 Å². The lowest BCUT2D eigenvalue weighted by Crippen LogP contribution is -2.51. The molecule has 0 radical (unpaired) electrons. The van der Waals surface area contributed by atoms with Crippen LogP contribution in [-0.4, -0.2) is 34.1 Å². The van der Waals surface area contributed by atoms with Crippen LogP contribution in [0.25, 0.3) is 0 Å². The van der Waals surface area contributed by atoms with Crippen molar-refractivity contribution in [1.82, 2.24) is 4.98 Å². The normalized spacial score (nSPS) is 16.8. The predicted octanol–water partition coefficient (Wildman–Crippen LogP) is 0.729. The van der Waals surface area contributed by atoms with Crippen molar-refractivity contribution < 1.29 is 14.8 Å². The summed E-state index contributed by atoms with van der Waals surface area (Å²) in [5.41, 5.74) is 5.29. The van der Waals surface area contributed by atoms with Gasteiger partial charge in [0.2, 0.25) is 5.82 Å². The molecule has 1 aromatic rings. The first-order valence-electron chi connectivity index (χ1n) is 5.78. The van der Waals surface area contributed by atoms with Crippen LogP contribution in [0, 0.1) is 22.0 Å². The largest absolute Gasteiger partial charge is 0.481 e. The second-order valence-electron chi connectivity index (χ2n) is 4.62. The van der Waals surface area contributed by atoms with E-state index in [9.17, 15) is 14.9 Å².